The Hall–Kier alpha value is -3.64. The van der Waals surface area contributed by atoms with Crippen molar-refractivity contribution >= 4 is 46.4 Å². The average Bonchev–Trinajstić information content (AvgIpc) is 2.70. The van der Waals surface area contributed by atoms with E-state index in [0.29, 0.717) is 33.2 Å². The highest BCUT2D eigenvalue weighted by molar-refractivity contribution is 6.30. The topological polar surface area (TPSA) is 87.3 Å². The van der Waals surface area contributed by atoms with Gasteiger partial charge in [-0.15, -0.1) is 0 Å². The van der Waals surface area contributed by atoms with Gasteiger partial charge >= 0.3 is 0 Å². The van der Waals surface area contributed by atoms with Gasteiger partial charge in [-0.05, 0) is 60.7 Å². The third-order valence-corrected chi connectivity index (χ3v) is 4.24. The Kier molecular flexibility index (Phi) is 6.26. The van der Waals surface area contributed by atoms with Crippen molar-refractivity contribution in [2.45, 2.75) is 6.92 Å². The van der Waals surface area contributed by atoms with Gasteiger partial charge in [0.15, 0.2) is 0 Å². The molecule has 0 unspecified atom stereocenters. The fourth-order valence-corrected chi connectivity index (χ4v) is 2.75. The molecule has 3 aromatic carbocycles. The summed E-state index contributed by atoms with van der Waals surface area (Å²) in [6.45, 7) is 1.41. The smallest absolute Gasteiger partial charge is 0.257 e. The lowest BCUT2D eigenvalue weighted by molar-refractivity contribution is -0.114. The summed E-state index contributed by atoms with van der Waals surface area (Å²) in [5.74, 6) is -0.918. The second-order valence-electron chi connectivity index (χ2n) is 6.22. The molecule has 29 heavy (non-hydrogen) atoms. The molecule has 0 aliphatic rings. The molecule has 3 aromatic rings. The number of anilines is 3. The van der Waals surface area contributed by atoms with Crippen LogP contribution in [0.3, 0.4) is 0 Å². The van der Waals surface area contributed by atoms with Crippen molar-refractivity contribution in [1.29, 1.82) is 0 Å². The standard InChI is InChI=1S/C22H18ClN3O3/c1-14(27)24-17-10-6-15(7-11-17)21(28)26-20-5-3-2-4-19(20)22(29)25-18-12-8-16(23)9-13-18/h2-13H,1H3,(H,24,27)(H,25,29)(H,26,28). The number of amides is 3. The molecule has 0 atom stereocenters. The lowest BCUT2D eigenvalue weighted by Gasteiger charge is -2.12. The molecule has 0 aliphatic carbocycles. The second-order valence-corrected chi connectivity index (χ2v) is 6.66. The third-order valence-electron chi connectivity index (χ3n) is 3.99. The highest BCUT2D eigenvalue weighted by atomic mass is 35.5. The van der Waals surface area contributed by atoms with Crippen molar-refractivity contribution in [3.8, 4) is 0 Å². The number of hydrogen-bond acceptors (Lipinski definition) is 3. The van der Waals surface area contributed by atoms with Gasteiger partial charge < -0.3 is 16.0 Å². The van der Waals surface area contributed by atoms with Gasteiger partial charge in [0.2, 0.25) is 5.91 Å². The molecule has 7 heteroatoms. The van der Waals surface area contributed by atoms with Crippen LogP contribution in [0.1, 0.15) is 27.6 Å². The van der Waals surface area contributed by atoms with Crippen molar-refractivity contribution in [3.05, 3.63) is 88.9 Å². The fourth-order valence-electron chi connectivity index (χ4n) is 2.62. The highest BCUT2D eigenvalue weighted by Gasteiger charge is 2.14. The van der Waals surface area contributed by atoms with Gasteiger partial charge in [0, 0.05) is 28.9 Å². The first-order valence-electron chi connectivity index (χ1n) is 8.77. The summed E-state index contributed by atoms with van der Waals surface area (Å²) < 4.78 is 0. The van der Waals surface area contributed by atoms with E-state index in [1.807, 2.05) is 0 Å². The van der Waals surface area contributed by atoms with Crippen LogP contribution in [-0.4, -0.2) is 17.7 Å². The van der Waals surface area contributed by atoms with Crippen LogP contribution in [0, 0.1) is 0 Å². The summed E-state index contributed by atoms with van der Waals surface area (Å²) >= 11 is 5.86. The first kappa shape index (κ1) is 20.1. The van der Waals surface area contributed by atoms with Crippen LogP contribution < -0.4 is 16.0 Å². The molecule has 0 radical (unpaired) electrons. The molecular weight excluding hydrogens is 390 g/mol. The molecule has 0 heterocycles. The summed E-state index contributed by atoms with van der Waals surface area (Å²) in [5, 5.41) is 8.74. The van der Waals surface area contributed by atoms with Crippen molar-refractivity contribution in [3.63, 3.8) is 0 Å². The largest absolute Gasteiger partial charge is 0.326 e. The summed E-state index contributed by atoms with van der Waals surface area (Å²) in [7, 11) is 0. The minimum atomic E-state index is -0.369. The van der Waals surface area contributed by atoms with Crippen LogP contribution in [-0.2, 0) is 4.79 Å². The molecule has 0 saturated carbocycles. The van der Waals surface area contributed by atoms with Gasteiger partial charge in [-0.2, -0.15) is 0 Å². The normalized spacial score (nSPS) is 10.1. The number of rotatable bonds is 5. The van der Waals surface area contributed by atoms with Crippen LogP contribution >= 0.6 is 11.6 Å². The van der Waals surface area contributed by atoms with E-state index in [0.717, 1.165) is 0 Å². The van der Waals surface area contributed by atoms with Crippen molar-refractivity contribution in [2.24, 2.45) is 0 Å². The maximum absolute atomic E-state index is 12.6. The Bertz CT molecular complexity index is 1050. The predicted molar refractivity (Wildman–Crippen MR) is 115 cm³/mol. The summed E-state index contributed by atoms with van der Waals surface area (Å²) in [4.78, 5) is 36.3. The zero-order valence-electron chi connectivity index (χ0n) is 15.5. The van der Waals surface area contributed by atoms with Crippen LogP contribution in [0.25, 0.3) is 0 Å². The Morgan fingerprint density at radius 3 is 1.93 bits per heavy atom. The second kappa shape index (κ2) is 9.03. The Balaban J connectivity index is 1.74. The molecule has 0 aliphatic heterocycles. The number of halogens is 1. The van der Waals surface area contributed by atoms with E-state index in [-0.39, 0.29) is 17.7 Å². The molecule has 0 aromatic heterocycles. The Labute approximate surface area is 172 Å². The lowest BCUT2D eigenvalue weighted by Crippen LogP contribution is -2.18. The van der Waals surface area contributed by atoms with Crippen molar-refractivity contribution in [2.75, 3.05) is 16.0 Å². The van der Waals surface area contributed by atoms with Crippen LogP contribution in [0.2, 0.25) is 5.02 Å². The first-order valence-corrected chi connectivity index (χ1v) is 9.15. The van der Waals surface area contributed by atoms with E-state index >= 15 is 0 Å². The summed E-state index contributed by atoms with van der Waals surface area (Å²) in [5.41, 5.74) is 2.29. The minimum Gasteiger partial charge on any atom is -0.326 e. The van der Waals surface area contributed by atoms with Gasteiger partial charge in [-0.1, -0.05) is 23.7 Å². The monoisotopic (exact) mass is 407 g/mol. The quantitative estimate of drug-likeness (QED) is 0.567. The van der Waals surface area contributed by atoms with Gasteiger partial charge in [-0.25, -0.2) is 0 Å². The van der Waals surface area contributed by atoms with Crippen molar-refractivity contribution in [1.82, 2.24) is 0 Å². The number of para-hydroxylation sites is 1. The Morgan fingerprint density at radius 1 is 0.690 bits per heavy atom. The van der Waals surface area contributed by atoms with E-state index in [1.165, 1.54) is 6.92 Å². The number of benzene rings is 3. The van der Waals surface area contributed by atoms with Crippen molar-refractivity contribution < 1.29 is 14.4 Å². The van der Waals surface area contributed by atoms with Crippen LogP contribution in [0.4, 0.5) is 17.1 Å². The number of hydrogen-bond donors (Lipinski definition) is 3. The molecule has 3 amide bonds. The zero-order chi connectivity index (χ0) is 20.8. The maximum Gasteiger partial charge on any atom is 0.257 e. The molecule has 3 rings (SSSR count). The van der Waals surface area contributed by atoms with Gasteiger partial charge in [-0.3, -0.25) is 14.4 Å². The maximum atomic E-state index is 12.6. The molecule has 3 N–H and O–H groups in total. The first-order chi connectivity index (χ1) is 13.9. The zero-order valence-corrected chi connectivity index (χ0v) is 16.3. The van der Waals surface area contributed by atoms with E-state index in [9.17, 15) is 14.4 Å². The highest BCUT2D eigenvalue weighted by Crippen LogP contribution is 2.20. The van der Waals surface area contributed by atoms with Gasteiger partial charge in [0.1, 0.15) is 0 Å². The van der Waals surface area contributed by atoms with E-state index in [2.05, 4.69) is 16.0 Å². The van der Waals surface area contributed by atoms with Crippen LogP contribution in [0.15, 0.2) is 72.8 Å². The van der Waals surface area contributed by atoms with E-state index in [4.69, 9.17) is 11.6 Å². The number of carbonyl (C=O) groups is 3. The van der Waals surface area contributed by atoms with E-state index < -0.39 is 0 Å². The van der Waals surface area contributed by atoms with Crippen LogP contribution in [0.5, 0.6) is 0 Å². The minimum absolute atomic E-state index is 0.192. The SMILES string of the molecule is CC(=O)Nc1ccc(C(=O)Nc2ccccc2C(=O)Nc2ccc(Cl)cc2)cc1. The van der Waals surface area contributed by atoms with Gasteiger partial charge in [0.05, 0.1) is 11.3 Å². The number of carbonyl (C=O) groups excluding carboxylic acids is 3. The predicted octanol–water partition coefficient (Wildman–Crippen LogP) is 4.80. The molecular formula is C22H18ClN3O3. The lowest BCUT2D eigenvalue weighted by atomic mass is 10.1. The summed E-state index contributed by atoms with van der Waals surface area (Å²) in [6, 6.07) is 19.9. The average molecular weight is 408 g/mol. The Morgan fingerprint density at radius 2 is 1.28 bits per heavy atom. The number of nitrogens with one attached hydrogen (secondary N) is 3. The molecule has 0 spiro atoms. The molecule has 6 nitrogen and oxygen atoms in total. The molecule has 0 bridgehead atoms. The molecule has 0 saturated heterocycles. The summed E-state index contributed by atoms with van der Waals surface area (Å²) in [6.07, 6.45) is 0. The fraction of sp³-hybridized carbons (Fsp3) is 0.0455. The molecule has 146 valence electrons. The van der Waals surface area contributed by atoms with E-state index in [1.54, 1.807) is 72.8 Å². The third kappa shape index (κ3) is 5.43. The molecule has 0 fully saturated rings. The van der Waals surface area contributed by atoms with Gasteiger partial charge in [0.25, 0.3) is 11.8 Å².